The van der Waals surface area contributed by atoms with Gasteiger partial charge in [-0.15, -0.1) is 0 Å². The molecule has 2 aliphatic heterocycles. The van der Waals surface area contributed by atoms with Gasteiger partial charge in [0.15, 0.2) is 5.78 Å². The van der Waals surface area contributed by atoms with Crippen molar-refractivity contribution < 1.29 is 28.6 Å². The zero-order valence-electron chi connectivity index (χ0n) is 23.9. The molecule has 0 spiro atoms. The fraction of sp³-hybridized carbons (Fsp3) is 0.364. The van der Waals surface area contributed by atoms with Crippen molar-refractivity contribution in [1.82, 2.24) is 4.90 Å². The van der Waals surface area contributed by atoms with Gasteiger partial charge in [-0.3, -0.25) is 19.3 Å². The van der Waals surface area contributed by atoms with Crippen molar-refractivity contribution in [2.45, 2.75) is 58.7 Å². The summed E-state index contributed by atoms with van der Waals surface area (Å²) in [7, 11) is 1.48. The van der Waals surface area contributed by atoms with E-state index in [2.05, 4.69) is 18.2 Å². The number of likely N-dealkylation sites (tertiary alicyclic amines) is 1. The molecule has 2 unspecified atom stereocenters. The molecule has 0 aromatic heterocycles. The van der Waals surface area contributed by atoms with Crippen LogP contribution in [0, 0.1) is 27.7 Å². The quantitative estimate of drug-likeness (QED) is 0.349. The summed E-state index contributed by atoms with van der Waals surface area (Å²) in [5.74, 6) is -1.54. The molecule has 1 fully saturated rings. The summed E-state index contributed by atoms with van der Waals surface area (Å²) in [4.78, 5) is 43.5. The molecular formula is C33H35NO6. The Bertz CT molecular complexity index is 1510. The van der Waals surface area contributed by atoms with Gasteiger partial charge in [0.2, 0.25) is 5.72 Å². The van der Waals surface area contributed by atoms with Gasteiger partial charge in [-0.05, 0) is 69.0 Å². The van der Waals surface area contributed by atoms with Crippen molar-refractivity contribution >= 4 is 23.0 Å². The van der Waals surface area contributed by atoms with E-state index in [1.807, 2.05) is 65.0 Å². The molecule has 2 heterocycles. The van der Waals surface area contributed by atoms with Crippen LogP contribution in [0.15, 0.2) is 66.1 Å². The first-order valence-corrected chi connectivity index (χ1v) is 13.6. The molecule has 1 amide bonds. The fourth-order valence-electron chi connectivity index (χ4n) is 6.14. The van der Waals surface area contributed by atoms with Crippen molar-refractivity contribution in [3.05, 3.63) is 99.5 Å². The van der Waals surface area contributed by atoms with Crippen molar-refractivity contribution in [2.75, 3.05) is 20.3 Å². The maximum atomic E-state index is 14.6. The number of hydrogen-bond acceptors (Lipinski definition) is 6. The zero-order valence-corrected chi connectivity index (χ0v) is 23.9. The van der Waals surface area contributed by atoms with E-state index < -0.39 is 23.0 Å². The zero-order chi connectivity index (χ0) is 28.8. The number of hydrogen-bond donors (Lipinski definition) is 0. The topological polar surface area (TPSA) is 82.1 Å². The van der Waals surface area contributed by atoms with Gasteiger partial charge in [-0.2, -0.15) is 0 Å². The summed E-state index contributed by atoms with van der Waals surface area (Å²) in [5.41, 5.74) is 3.19. The molecule has 2 aromatic rings. The lowest BCUT2D eigenvalue weighted by Crippen LogP contribution is -2.66. The largest absolute Gasteiger partial charge is 0.501 e. The van der Waals surface area contributed by atoms with Gasteiger partial charge in [-0.1, -0.05) is 47.5 Å². The molecule has 1 aliphatic carbocycles. The highest BCUT2D eigenvalue weighted by Crippen LogP contribution is 2.50. The van der Waals surface area contributed by atoms with E-state index in [9.17, 15) is 14.4 Å². The molecule has 5 rings (SSSR count). The second-order valence-corrected chi connectivity index (χ2v) is 10.7. The molecule has 208 valence electrons. The average Bonchev–Trinajstić information content (AvgIpc) is 3.19. The summed E-state index contributed by atoms with van der Waals surface area (Å²) in [6.07, 6.45) is 5.43. The molecule has 0 radical (unpaired) electrons. The van der Waals surface area contributed by atoms with E-state index in [1.165, 1.54) is 18.3 Å². The van der Waals surface area contributed by atoms with Crippen molar-refractivity contribution in [2.24, 2.45) is 0 Å². The highest BCUT2D eigenvalue weighted by molar-refractivity contribution is 6.48. The van der Waals surface area contributed by atoms with Crippen LogP contribution < -0.4 is 0 Å². The lowest BCUT2D eigenvalue weighted by Gasteiger charge is -2.50. The number of nitrogens with zero attached hydrogens (tertiary/aromatic N) is 1. The molecule has 3 aliphatic rings. The number of methoxy groups -OCH3 is 1. The number of rotatable bonds is 7. The maximum absolute atomic E-state index is 14.6. The normalized spacial score (nSPS) is 24.1. The molecule has 0 N–H and O–H groups in total. The van der Waals surface area contributed by atoms with Gasteiger partial charge in [0.05, 0.1) is 25.0 Å². The van der Waals surface area contributed by atoms with E-state index in [-0.39, 0.29) is 30.8 Å². The lowest BCUT2D eigenvalue weighted by atomic mass is 9.76. The number of carbonyl (C=O) groups excluding carboxylic acids is 3. The fourth-order valence-corrected chi connectivity index (χ4v) is 6.14. The van der Waals surface area contributed by atoms with Crippen LogP contribution in [0.2, 0.25) is 0 Å². The van der Waals surface area contributed by atoms with Crippen LogP contribution in [0.3, 0.4) is 0 Å². The summed E-state index contributed by atoms with van der Waals surface area (Å²) < 4.78 is 17.9. The first kappa shape index (κ1) is 27.6. The third-order valence-corrected chi connectivity index (χ3v) is 8.24. The van der Waals surface area contributed by atoms with Crippen LogP contribution in [0.5, 0.6) is 0 Å². The Labute approximate surface area is 235 Å². The van der Waals surface area contributed by atoms with E-state index >= 15 is 0 Å². The second kappa shape index (κ2) is 10.2. The Morgan fingerprint density at radius 2 is 1.73 bits per heavy atom. The average molecular weight is 542 g/mol. The van der Waals surface area contributed by atoms with Crippen LogP contribution in [0.25, 0.3) is 5.57 Å². The van der Waals surface area contributed by atoms with E-state index in [0.717, 1.165) is 33.4 Å². The van der Waals surface area contributed by atoms with Crippen molar-refractivity contribution in [3.8, 4) is 0 Å². The first-order chi connectivity index (χ1) is 19.1. The van der Waals surface area contributed by atoms with E-state index in [0.29, 0.717) is 17.9 Å². The van der Waals surface area contributed by atoms with Crippen LogP contribution >= 0.6 is 0 Å². The lowest BCUT2D eigenvalue weighted by molar-refractivity contribution is -0.177. The third kappa shape index (κ3) is 4.03. The number of benzene rings is 2. The molecule has 1 saturated heterocycles. The summed E-state index contributed by atoms with van der Waals surface area (Å²) in [5, 5.41) is 0. The number of allylic oxidation sites excluding steroid dienone is 2. The minimum atomic E-state index is -1.61. The van der Waals surface area contributed by atoms with Gasteiger partial charge < -0.3 is 14.2 Å². The number of Topliss-reactive ketones (excluding diaryl/α,β-unsaturated/α-hetero) is 2. The van der Waals surface area contributed by atoms with Crippen LogP contribution in [-0.4, -0.2) is 54.0 Å². The Morgan fingerprint density at radius 1 is 1.02 bits per heavy atom. The molecule has 2 aromatic carbocycles. The predicted molar refractivity (Wildman–Crippen MR) is 151 cm³/mol. The van der Waals surface area contributed by atoms with E-state index in [4.69, 9.17) is 14.2 Å². The molecule has 7 heteroatoms. The molecule has 7 nitrogen and oxygen atoms in total. The number of ketones is 2. The van der Waals surface area contributed by atoms with Crippen LogP contribution in [0.1, 0.15) is 57.9 Å². The van der Waals surface area contributed by atoms with Crippen LogP contribution in [0.4, 0.5) is 0 Å². The maximum Gasteiger partial charge on any atom is 0.298 e. The third-order valence-electron chi connectivity index (χ3n) is 8.24. The number of amides is 1. The van der Waals surface area contributed by atoms with Gasteiger partial charge in [-0.25, -0.2) is 0 Å². The Morgan fingerprint density at radius 3 is 2.42 bits per heavy atom. The van der Waals surface area contributed by atoms with E-state index in [1.54, 1.807) is 0 Å². The highest BCUT2D eigenvalue weighted by Gasteiger charge is 2.68. The standard InChI is InChI=1S/C33H35NO6/c1-7-40-28-18-24(25-16-20(2)8-10-22(25)4)12-13-33(28,38-6)34-31(37)29(35)27-19-39-15-14-32(27,34)30(36)26-17-21(3)9-11-23(26)5/h8-12,16-19H,7,13-15H2,1-6H3. The minimum Gasteiger partial charge on any atom is -0.501 e. The van der Waals surface area contributed by atoms with Crippen LogP contribution in [-0.2, 0) is 23.8 Å². The van der Waals surface area contributed by atoms with Gasteiger partial charge in [0, 0.05) is 25.5 Å². The molecule has 40 heavy (non-hydrogen) atoms. The predicted octanol–water partition coefficient (Wildman–Crippen LogP) is 5.31. The molecular weight excluding hydrogens is 506 g/mol. The van der Waals surface area contributed by atoms with Gasteiger partial charge >= 0.3 is 0 Å². The summed E-state index contributed by atoms with van der Waals surface area (Å²) >= 11 is 0. The number of carbonyl (C=O) groups is 3. The first-order valence-electron chi connectivity index (χ1n) is 13.6. The minimum absolute atomic E-state index is 0.0336. The SMILES string of the molecule is CCOC1=CC(c2cc(C)ccc2C)=CCC1(OC)N1C(=O)C(=O)C2=COCCC21C(=O)c1cc(C)ccc1C. The number of ether oxygens (including phenoxy) is 3. The Kier molecular flexibility index (Phi) is 7.04. The Hall–Kier alpha value is -3.97. The summed E-state index contributed by atoms with van der Waals surface area (Å²) in [6, 6.07) is 11.9. The summed E-state index contributed by atoms with van der Waals surface area (Å²) in [6.45, 7) is 10.2. The second-order valence-electron chi connectivity index (χ2n) is 10.7. The number of fused-ring (bicyclic) bond motifs is 1. The van der Waals surface area contributed by atoms with Gasteiger partial charge in [0.25, 0.3) is 11.7 Å². The monoisotopic (exact) mass is 541 g/mol. The van der Waals surface area contributed by atoms with Crippen molar-refractivity contribution in [1.29, 1.82) is 0 Å². The molecule has 2 atom stereocenters. The Balaban J connectivity index is 1.72. The number of aryl methyl sites for hydroxylation is 4. The molecule has 0 saturated carbocycles. The smallest absolute Gasteiger partial charge is 0.298 e. The van der Waals surface area contributed by atoms with Gasteiger partial charge in [0.1, 0.15) is 11.3 Å². The molecule has 0 bridgehead atoms. The highest BCUT2D eigenvalue weighted by atomic mass is 16.6. The van der Waals surface area contributed by atoms with Crippen molar-refractivity contribution in [3.63, 3.8) is 0 Å².